The molecule has 0 amide bonds. The highest BCUT2D eigenvalue weighted by atomic mass is 16.5. The van der Waals surface area contributed by atoms with Gasteiger partial charge in [-0.1, -0.05) is 0 Å². The van der Waals surface area contributed by atoms with Crippen molar-refractivity contribution < 1.29 is 9.15 Å². The summed E-state index contributed by atoms with van der Waals surface area (Å²) in [5, 5.41) is 0. The Balaban J connectivity index is 2.22. The van der Waals surface area contributed by atoms with Crippen molar-refractivity contribution in [3.05, 3.63) is 24.4 Å². The van der Waals surface area contributed by atoms with Crippen molar-refractivity contribution in [3.63, 3.8) is 0 Å². The van der Waals surface area contributed by atoms with Gasteiger partial charge in [-0.15, -0.1) is 0 Å². The van der Waals surface area contributed by atoms with Crippen molar-refractivity contribution in [2.24, 2.45) is 0 Å². The fraction of sp³-hybridized carbons (Fsp3) is 0.375. The van der Waals surface area contributed by atoms with Crippen LogP contribution in [0.4, 0.5) is 0 Å². The largest absolute Gasteiger partial charge is 0.488 e. The van der Waals surface area contributed by atoms with Crippen LogP contribution in [0.3, 0.4) is 0 Å². The Hall–Kier alpha value is -1.25. The number of oxazole rings is 1. The third-order valence-corrected chi connectivity index (χ3v) is 1.58. The van der Waals surface area contributed by atoms with E-state index in [1.165, 1.54) is 0 Å². The molecule has 1 aliphatic heterocycles. The zero-order chi connectivity index (χ0) is 7.52. The van der Waals surface area contributed by atoms with E-state index in [4.69, 9.17) is 9.15 Å². The molecule has 3 nitrogen and oxygen atoms in total. The molecule has 1 aliphatic rings. The van der Waals surface area contributed by atoms with Crippen LogP contribution < -0.4 is 0 Å². The van der Waals surface area contributed by atoms with E-state index in [2.05, 4.69) is 4.98 Å². The molecule has 1 aromatic rings. The Morgan fingerprint density at radius 2 is 2.45 bits per heavy atom. The van der Waals surface area contributed by atoms with Gasteiger partial charge in [0.15, 0.2) is 5.76 Å². The summed E-state index contributed by atoms with van der Waals surface area (Å²) in [7, 11) is 0. The summed E-state index contributed by atoms with van der Waals surface area (Å²) in [6.45, 7) is 0.772. The lowest BCUT2D eigenvalue weighted by Crippen LogP contribution is -2.00. The monoisotopic (exact) mass is 151 g/mol. The molecule has 0 fully saturated rings. The first-order valence-electron chi connectivity index (χ1n) is 3.69. The number of aromatic nitrogens is 1. The van der Waals surface area contributed by atoms with Gasteiger partial charge in [-0.3, -0.25) is 0 Å². The molecule has 2 heterocycles. The van der Waals surface area contributed by atoms with E-state index in [1.807, 2.05) is 6.08 Å². The van der Waals surface area contributed by atoms with E-state index >= 15 is 0 Å². The van der Waals surface area contributed by atoms with Gasteiger partial charge >= 0.3 is 0 Å². The molecule has 2 rings (SSSR count). The fourth-order valence-corrected chi connectivity index (χ4v) is 1.05. The average molecular weight is 151 g/mol. The summed E-state index contributed by atoms with van der Waals surface area (Å²) in [5.41, 5.74) is 0. The summed E-state index contributed by atoms with van der Waals surface area (Å²) in [6, 6.07) is 0. The number of hydrogen-bond acceptors (Lipinski definition) is 3. The van der Waals surface area contributed by atoms with Gasteiger partial charge in [0.1, 0.15) is 6.26 Å². The molecule has 0 unspecified atom stereocenters. The lowest BCUT2D eigenvalue weighted by molar-refractivity contribution is 0.248. The first kappa shape index (κ1) is 6.46. The minimum Gasteiger partial charge on any atom is -0.488 e. The molecular formula is C8H9NO2. The van der Waals surface area contributed by atoms with Crippen LogP contribution in [0, 0.1) is 0 Å². The summed E-state index contributed by atoms with van der Waals surface area (Å²) in [5.74, 6) is 1.37. The van der Waals surface area contributed by atoms with Crippen molar-refractivity contribution in [3.8, 4) is 0 Å². The van der Waals surface area contributed by atoms with Gasteiger partial charge in [-0.2, -0.15) is 0 Å². The van der Waals surface area contributed by atoms with E-state index in [-0.39, 0.29) is 0 Å². The average Bonchev–Trinajstić information content (AvgIpc) is 2.58. The Morgan fingerprint density at radius 1 is 1.45 bits per heavy atom. The Bertz CT molecular complexity index is 251. The molecule has 0 aliphatic carbocycles. The second-order valence-electron chi connectivity index (χ2n) is 2.40. The highest BCUT2D eigenvalue weighted by Gasteiger charge is 2.10. The number of ether oxygens (including phenoxy) is 1. The first-order chi connectivity index (χ1) is 5.47. The Kier molecular flexibility index (Phi) is 1.63. The molecule has 58 valence electrons. The highest BCUT2D eigenvalue weighted by molar-refractivity contribution is 5.51. The van der Waals surface area contributed by atoms with Crippen LogP contribution in [0.15, 0.2) is 23.0 Å². The predicted molar refractivity (Wildman–Crippen MR) is 39.7 cm³/mol. The molecule has 0 saturated carbocycles. The maximum atomic E-state index is 5.33. The van der Waals surface area contributed by atoms with E-state index in [9.17, 15) is 0 Å². The minimum absolute atomic E-state index is 0.588. The van der Waals surface area contributed by atoms with E-state index in [0.29, 0.717) is 5.89 Å². The summed E-state index contributed by atoms with van der Waals surface area (Å²) >= 11 is 0. The Labute approximate surface area is 64.7 Å². The molecule has 1 aromatic heterocycles. The third kappa shape index (κ3) is 1.27. The fourth-order valence-electron chi connectivity index (χ4n) is 1.05. The van der Waals surface area contributed by atoms with Crippen LogP contribution in [0.25, 0.3) is 5.76 Å². The van der Waals surface area contributed by atoms with Crippen molar-refractivity contribution in [1.82, 2.24) is 4.98 Å². The number of rotatable bonds is 1. The van der Waals surface area contributed by atoms with Crippen LogP contribution in [-0.2, 0) is 4.74 Å². The second kappa shape index (κ2) is 2.78. The van der Waals surface area contributed by atoms with Gasteiger partial charge in [0.05, 0.1) is 12.8 Å². The quantitative estimate of drug-likeness (QED) is 0.614. The number of allylic oxidation sites excluding steroid dienone is 1. The van der Waals surface area contributed by atoms with E-state index in [0.717, 1.165) is 25.2 Å². The predicted octanol–water partition coefficient (Wildman–Crippen LogP) is 1.83. The standard InChI is InChI=1S/C8H9NO2/c1-2-5-10-7(3-1)8-9-4-6-11-8/h3-4,6H,1-2,5H2. The maximum absolute atomic E-state index is 5.33. The van der Waals surface area contributed by atoms with Gasteiger partial charge in [0.2, 0.25) is 0 Å². The van der Waals surface area contributed by atoms with Crippen LogP contribution in [0.5, 0.6) is 0 Å². The highest BCUT2D eigenvalue weighted by Crippen LogP contribution is 2.18. The summed E-state index contributed by atoms with van der Waals surface area (Å²) in [6.07, 6.45) is 7.32. The van der Waals surface area contributed by atoms with Gasteiger partial charge in [0, 0.05) is 0 Å². The van der Waals surface area contributed by atoms with E-state index in [1.54, 1.807) is 12.5 Å². The molecular weight excluding hydrogens is 142 g/mol. The van der Waals surface area contributed by atoms with Gasteiger partial charge in [-0.25, -0.2) is 4.98 Å². The minimum atomic E-state index is 0.588. The number of hydrogen-bond donors (Lipinski definition) is 0. The maximum Gasteiger partial charge on any atom is 0.261 e. The molecule has 0 radical (unpaired) electrons. The van der Waals surface area contributed by atoms with Crippen LogP contribution in [-0.4, -0.2) is 11.6 Å². The number of nitrogens with zero attached hydrogens (tertiary/aromatic N) is 1. The van der Waals surface area contributed by atoms with Crippen molar-refractivity contribution in [2.75, 3.05) is 6.61 Å². The second-order valence-corrected chi connectivity index (χ2v) is 2.40. The zero-order valence-electron chi connectivity index (χ0n) is 6.12. The van der Waals surface area contributed by atoms with E-state index < -0.39 is 0 Å². The summed E-state index contributed by atoms with van der Waals surface area (Å²) in [4.78, 5) is 3.98. The lowest BCUT2D eigenvalue weighted by Gasteiger charge is -2.10. The molecule has 0 aromatic carbocycles. The first-order valence-corrected chi connectivity index (χ1v) is 3.69. The SMILES string of the molecule is C1=C(c2ncco2)OCCC1. The van der Waals surface area contributed by atoms with Crippen LogP contribution in [0.2, 0.25) is 0 Å². The van der Waals surface area contributed by atoms with Crippen LogP contribution in [0.1, 0.15) is 18.7 Å². The molecule has 0 spiro atoms. The van der Waals surface area contributed by atoms with Gasteiger partial charge in [-0.05, 0) is 18.9 Å². The molecule has 11 heavy (non-hydrogen) atoms. The molecule has 0 N–H and O–H groups in total. The topological polar surface area (TPSA) is 35.3 Å². The molecule has 0 atom stereocenters. The van der Waals surface area contributed by atoms with Gasteiger partial charge in [0.25, 0.3) is 5.89 Å². The smallest absolute Gasteiger partial charge is 0.261 e. The summed E-state index contributed by atoms with van der Waals surface area (Å²) < 4.78 is 10.4. The lowest BCUT2D eigenvalue weighted by atomic mass is 10.2. The van der Waals surface area contributed by atoms with Crippen molar-refractivity contribution >= 4 is 5.76 Å². The molecule has 0 saturated heterocycles. The zero-order valence-corrected chi connectivity index (χ0v) is 6.12. The molecule has 3 heteroatoms. The van der Waals surface area contributed by atoms with Crippen molar-refractivity contribution in [1.29, 1.82) is 0 Å². The van der Waals surface area contributed by atoms with Crippen molar-refractivity contribution in [2.45, 2.75) is 12.8 Å². The molecule has 0 bridgehead atoms. The Morgan fingerprint density at radius 3 is 3.09 bits per heavy atom. The van der Waals surface area contributed by atoms with Gasteiger partial charge < -0.3 is 9.15 Å². The third-order valence-electron chi connectivity index (χ3n) is 1.58. The van der Waals surface area contributed by atoms with Crippen LogP contribution >= 0.6 is 0 Å². The normalized spacial score (nSPS) is 17.3.